The fraction of sp³-hybridized carbons (Fsp3) is 1.00. The van der Waals surface area contributed by atoms with Crippen LogP contribution in [0.5, 0.6) is 0 Å². The minimum absolute atomic E-state index is 0.617. The van der Waals surface area contributed by atoms with Crippen molar-refractivity contribution in [2.75, 3.05) is 33.4 Å². The van der Waals surface area contributed by atoms with Gasteiger partial charge in [-0.1, -0.05) is 13.8 Å². The molecule has 0 radical (unpaired) electrons. The van der Waals surface area contributed by atoms with E-state index < -0.39 is 0 Å². The van der Waals surface area contributed by atoms with Gasteiger partial charge in [-0.25, -0.2) is 0 Å². The highest BCUT2D eigenvalue weighted by atomic mass is 16.5. The first-order chi connectivity index (χ1) is 7.72. The zero-order chi connectivity index (χ0) is 11.8. The van der Waals surface area contributed by atoms with Gasteiger partial charge in [0.05, 0.1) is 0 Å². The monoisotopic (exact) mass is 228 g/mol. The highest BCUT2D eigenvalue weighted by molar-refractivity contribution is 4.81. The van der Waals surface area contributed by atoms with E-state index in [0.717, 1.165) is 12.6 Å². The van der Waals surface area contributed by atoms with Crippen LogP contribution in [-0.4, -0.2) is 50.3 Å². The summed E-state index contributed by atoms with van der Waals surface area (Å²) >= 11 is 0. The maximum atomic E-state index is 5.05. The van der Waals surface area contributed by atoms with E-state index in [2.05, 4.69) is 24.1 Å². The number of rotatable bonds is 8. The number of methoxy groups -OCH3 is 1. The van der Waals surface area contributed by atoms with Gasteiger partial charge in [-0.15, -0.1) is 0 Å². The Morgan fingerprint density at radius 3 is 2.81 bits per heavy atom. The predicted octanol–water partition coefficient (Wildman–Crippen LogP) is 1.88. The van der Waals surface area contributed by atoms with Crippen molar-refractivity contribution in [3.63, 3.8) is 0 Å². The highest BCUT2D eigenvalue weighted by Gasteiger charge is 2.21. The molecule has 1 N–H and O–H groups in total. The van der Waals surface area contributed by atoms with Crippen molar-refractivity contribution in [3.8, 4) is 0 Å². The Bertz CT molecular complexity index is 173. The first kappa shape index (κ1) is 13.9. The van der Waals surface area contributed by atoms with Crippen LogP contribution in [0.25, 0.3) is 0 Å². The number of nitrogens with zero attached hydrogens (tertiary/aromatic N) is 1. The first-order valence-electron chi connectivity index (χ1n) is 6.69. The molecule has 3 heteroatoms. The number of nitrogens with one attached hydrogen (secondary N) is 1. The Hall–Kier alpha value is -0.120. The maximum absolute atomic E-state index is 5.05. The zero-order valence-electron chi connectivity index (χ0n) is 11.2. The molecule has 3 nitrogen and oxygen atoms in total. The van der Waals surface area contributed by atoms with Crippen LogP contribution in [0.2, 0.25) is 0 Å². The molecule has 1 aliphatic heterocycles. The second kappa shape index (κ2) is 8.04. The van der Waals surface area contributed by atoms with Crippen molar-refractivity contribution >= 4 is 0 Å². The van der Waals surface area contributed by atoms with E-state index in [1.54, 1.807) is 7.11 Å². The molecule has 1 atom stereocenters. The zero-order valence-corrected chi connectivity index (χ0v) is 11.2. The second-order valence-corrected chi connectivity index (χ2v) is 5.16. The van der Waals surface area contributed by atoms with Crippen molar-refractivity contribution in [1.82, 2.24) is 10.2 Å². The first-order valence-corrected chi connectivity index (χ1v) is 6.69. The normalized spacial score (nSPS) is 22.1. The van der Waals surface area contributed by atoms with E-state index in [9.17, 15) is 0 Å². The van der Waals surface area contributed by atoms with E-state index in [1.165, 1.54) is 45.3 Å². The molecule has 0 aliphatic carbocycles. The summed E-state index contributed by atoms with van der Waals surface area (Å²) < 4.78 is 5.05. The summed E-state index contributed by atoms with van der Waals surface area (Å²) in [5.74, 6) is 0. The number of hydrogen-bond acceptors (Lipinski definition) is 3. The molecule has 1 fully saturated rings. The molecule has 16 heavy (non-hydrogen) atoms. The third kappa shape index (κ3) is 5.83. The van der Waals surface area contributed by atoms with Gasteiger partial charge in [-0.05, 0) is 38.8 Å². The topological polar surface area (TPSA) is 24.5 Å². The molecule has 1 rings (SSSR count). The number of hydrogen-bond donors (Lipinski definition) is 1. The lowest BCUT2D eigenvalue weighted by Crippen LogP contribution is -2.37. The lowest BCUT2D eigenvalue weighted by Gasteiger charge is -2.18. The van der Waals surface area contributed by atoms with E-state index in [1.807, 2.05) is 0 Å². The van der Waals surface area contributed by atoms with Gasteiger partial charge in [0.2, 0.25) is 0 Å². The summed E-state index contributed by atoms with van der Waals surface area (Å²) in [7, 11) is 1.78. The van der Waals surface area contributed by atoms with Crippen molar-refractivity contribution in [3.05, 3.63) is 0 Å². The van der Waals surface area contributed by atoms with Crippen LogP contribution in [0.1, 0.15) is 39.5 Å². The Labute approximate surface area is 101 Å². The summed E-state index contributed by atoms with van der Waals surface area (Å²) in [6, 6.07) is 1.34. The average molecular weight is 228 g/mol. The van der Waals surface area contributed by atoms with Crippen LogP contribution in [0.3, 0.4) is 0 Å². The number of likely N-dealkylation sites (tertiary alicyclic amines) is 1. The van der Waals surface area contributed by atoms with Crippen molar-refractivity contribution in [2.24, 2.45) is 0 Å². The van der Waals surface area contributed by atoms with Gasteiger partial charge in [-0.3, -0.25) is 0 Å². The van der Waals surface area contributed by atoms with Gasteiger partial charge in [0.15, 0.2) is 0 Å². The minimum atomic E-state index is 0.617. The molecule has 1 heterocycles. The molecule has 0 saturated carbocycles. The lowest BCUT2D eigenvalue weighted by molar-refractivity contribution is 0.190. The minimum Gasteiger partial charge on any atom is -0.385 e. The Balaban J connectivity index is 1.99. The molecule has 1 unspecified atom stereocenters. The summed E-state index contributed by atoms with van der Waals surface area (Å²) in [5.41, 5.74) is 0. The van der Waals surface area contributed by atoms with Crippen LogP contribution >= 0.6 is 0 Å². The Morgan fingerprint density at radius 1 is 1.31 bits per heavy atom. The van der Waals surface area contributed by atoms with Crippen molar-refractivity contribution < 1.29 is 4.74 Å². The van der Waals surface area contributed by atoms with Gasteiger partial charge in [0.1, 0.15) is 0 Å². The third-order valence-corrected chi connectivity index (χ3v) is 3.16. The molecule has 1 aliphatic rings. The molecule has 1 saturated heterocycles. The number of unbranched alkanes of at least 4 members (excludes halogenated alkanes) is 2. The molecular weight excluding hydrogens is 200 g/mol. The van der Waals surface area contributed by atoms with Crippen LogP contribution < -0.4 is 5.32 Å². The Morgan fingerprint density at radius 2 is 2.12 bits per heavy atom. The molecule has 0 spiro atoms. The molecule has 0 aromatic heterocycles. The smallest absolute Gasteiger partial charge is 0.0462 e. The standard InChI is InChI=1S/C13H28N2O/c1-12(2)14-13-7-9-15(11-13)8-5-4-6-10-16-3/h12-14H,4-11H2,1-3H3. The lowest BCUT2D eigenvalue weighted by atomic mass is 10.2. The third-order valence-electron chi connectivity index (χ3n) is 3.16. The summed E-state index contributed by atoms with van der Waals surface area (Å²) in [6.45, 7) is 9.15. The van der Waals surface area contributed by atoms with Crippen LogP contribution in [0, 0.1) is 0 Å². The van der Waals surface area contributed by atoms with Crippen molar-refractivity contribution in [2.45, 2.75) is 51.6 Å². The quantitative estimate of drug-likeness (QED) is 0.642. The van der Waals surface area contributed by atoms with E-state index >= 15 is 0 Å². The molecule has 96 valence electrons. The fourth-order valence-electron chi connectivity index (χ4n) is 2.40. The van der Waals surface area contributed by atoms with Crippen LogP contribution in [0.4, 0.5) is 0 Å². The van der Waals surface area contributed by atoms with E-state index in [-0.39, 0.29) is 0 Å². The van der Waals surface area contributed by atoms with Gasteiger partial charge in [0.25, 0.3) is 0 Å². The second-order valence-electron chi connectivity index (χ2n) is 5.16. The molecular formula is C13H28N2O. The largest absolute Gasteiger partial charge is 0.385 e. The molecule has 0 aromatic carbocycles. The highest BCUT2D eigenvalue weighted by Crippen LogP contribution is 2.11. The van der Waals surface area contributed by atoms with Crippen LogP contribution in [0.15, 0.2) is 0 Å². The molecule has 0 amide bonds. The average Bonchev–Trinajstić information content (AvgIpc) is 2.64. The van der Waals surface area contributed by atoms with E-state index in [4.69, 9.17) is 4.74 Å². The number of ether oxygens (including phenoxy) is 1. The van der Waals surface area contributed by atoms with Crippen molar-refractivity contribution in [1.29, 1.82) is 0 Å². The van der Waals surface area contributed by atoms with Gasteiger partial charge in [-0.2, -0.15) is 0 Å². The maximum Gasteiger partial charge on any atom is 0.0462 e. The van der Waals surface area contributed by atoms with Gasteiger partial charge < -0.3 is 15.0 Å². The van der Waals surface area contributed by atoms with E-state index in [0.29, 0.717) is 6.04 Å². The van der Waals surface area contributed by atoms with Crippen LogP contribution in [-0.2, 0) is 4.74 Å². The fourth-order valence-corrected chi connectivity index (χ4v) is 2.40. The summed E-state index contributed by atoms with van der Waals surface area (Å²) in [5, 5.41) is 3.62. The summed E-state index contributed by atoms with van der Waals surface area (Å²) in [4.78, 5) is 2.59. The molecule has 0 aromatic rings. The Kier molecular flexibility index (Phi) is 7.01. The van der Waals surface area contributed by atoms with Gasteiger partial charge >= 0.3 is 0 Å². The van der Waals surface area contributed by atoms with Gasteiger partial charge in [0, 0.05) is 32.3 Å². The summed E-state index contributed by atoms with van der Waals surface area (Å²) in [6.07, 6.45) is 5.14. The SMILES string of the molecule is COCCCCCN1CCC(NC(C)C)C1. The molecule has 0 bridgehead atoms. The predicted molar refractivity (Wildman–Crippen MR) is 68.8 cm³/mol.